The summed E-state index contributed by atoms with van der Waals surface area (Å²) in [5.74, 6) is 1.92. The van der Waals surface area contributed by atoms with Crippen molar-refractivity contribution in [1.82, 2.24) is 20.1 Å². The van der Waals surface area contributed by atoms with Gasteiger partial charge in [-0.2, -0.15) is 0 Å². The fourth-order valence-electron chi connectivity index (χ4n) is 4.13. The monoisotopic (exact) mass is 360 g/mol. The van der Waals surface area contributed by atoms with Gasteiger partial charge >= 0.3 is 11.8 Å². The molecule has 1 saturated carbocycles. The highest BCUT2D eigenvalue weighted by molar-refractivity contribution is 7.07. The molecule has 6 nitrogen and oxygen atoms in total. The number of hydrogen-bond donors (Lipinski definition) is 0. The van der Waals surface area contributed by atoms with E-state index in [0.29, 0.717) is 11.6 Å². The number of piperidine rings is 1. The third-order valence-corrected chi connectivity index (χ3v) is 6.14. The molecule has 1 aliphatic heterocycles. The molecule has 2 fully saturated rings. The van der Waals surface area contributed by atoms with Crippen molar-refractivity contribution in [2.24, 2.45) is 11.8 Å². The molecule has 7 heteroatoms. The zero-order chi connectivity index (χ0) is 17.1. The Balaban J connectivity index is 1.30. The topological polar surface area (TPSA) is 72.1 Å². The summed E-state index contributed by atoms with van der Waals surface area (Å²) in [7, 11) is 0. The van der Waals surface area contributed by atoms with Crippen LogP contribution in [0.4, 0.5) is 0 Å². The second-order valence-electron chi connectivity index (χ2n) is 7.26. The largest absolute Gasteiger partial charge is 0.411 e. The van der Waals surface area contributed by atoms with Crippen LogP contribution in [0.5, 0.6) is 0 Å². The molecule has 0 atom stereocenters. The van der Waals surface area contributed by atoms with Crippen LogP contribution in [-0.4, -0.2) is 39.1 Å². The minimum atomic E-state index is -0.148. The number of thiazole rings is 1. The van der Waals surface area contributed by atoms with Gasteiger partial charge in [-0.05, 0) is 31.1 Å². The van der Waals surface area contributed by atoms with Crippen LogP contribution in [-0.2, 0) is 0 Å². The van der Waals surface area contributed by atoms with E-state index in [1.165, 1.54) is 49.9 Å². The van der Waals surface area contributed by atoms with Gasteiger partial charge in [0.05, 0.1) is 5.51 Å². The highest BCUT2D eigenvalue weighted by atomic mass is 32.1. The Labute approximate surface area is 151 Å². The van der Waals surface area contributed by atoms with Crippen molar-refractivity contribution in [3.05, 3.63) is 16.8 Å². The van der Waals surface area contributed by atoms with Gasteiger partial charge in [0.2, 0.25) is 0 Å². The third-order valence-electron chi connectivity index (χ3n) is 5.55. The van der Waals surface area contributed by atoms with Crippen molar-refractivity contribution in [1.29, 1.82) is 0 Å². The number of likely N-dealkylation sites (tertiary alicyclic amines) is 1. The maximum atomic E-state index is 12.6. The number of amides is 1. The van der Waals surface area contributed by atoms with E-state index in [9.17, 15) is 4.79 Å². The average molecular weight is 360 g/mol. The molecular formula is C18H24N4O2S. The molecule has 1 aliphatic carbocycles. The summed E-state index contributed by atoms with van der Waals surface area (Å²) in [6.07, 6.45) is 10.6. The summed E-state index contributed by atoms with van der Waals surface area (Å²) in [5.41, 5.74) is 2.33. The van der Waals surface area contributed by atoms with Gasteiger partial charge in [0.25, 0.3) is 5.89 Å². The Bertz CT molecular complexity index is 686. The number of nitrogens with zero attached hydrogens (tertiary/aromatic N) is 4. The molecule has 2 aliphatic rings. The van der Waals surface area contributed by atoms with Crippen LogP contribution < -0.4 is 0 Å². The Morgan fingerprint density at radius 2 is 1.88 bits per heavy atom. The molecule has 1 amide bonds. The molecule has 0 unspecified atom stereocenters. The number of carbonyl (C=O) groups excluding carboxylic acids is 1. The van der Waals surface area contributed by atoms with Gasteiger partial charge in [0, 0.05) is 18.5 Å². The van der Waals surface area contributed by atoms with Crippen molar-refractivity contribution in [3.63, 3.8) is 0 Å². The summed E-state index contributed by atoms with van der Waals surface area (Å²) in [5, 5.41) is 9.70. The lowest BCUT2D eigenvalue weighted by Crippen LogP contribution is -2.39. The number of rotatable bonds is 4. The van der Waals surface area contributed by atoms with Crippen LogP contribution in [0.2, 0.25) is 0 Å². The van der Waals surface area contributed by atoms with E-state index in [4.69, 9.17) is 4.42 Å². The van der Waals surface area contributed by atoms with Crippen LogP contribution >= 0.6 is 11.3 Å². The molecule has 0 aromatic carbocycles. The molecular weight excluding hydrogens is 336 g/mol. The lowest BCUT2D eigenvalue weighted by Gasteiger charge is -2.33. The highest BCUT2D eigenvalue weighted by Gasteiger charge is 2.29. The van der Waals surface area contributed by atoms with Crippen molar-refractivity contribution >= 4 is 17.2 Å². The van der Waals surface area contributed by atoms with Gasteiger partial charge in [-0.15, -0.1) is 21.5 Å². The van der Waals surface area contributed by atoms with Gasteiger partial charge in [-0.25, -0.2) is 4.98 Å². The zero-order valence-electron chi connectivity index (χ0n) is 14.4. The van der Waals surface area contributed by atoms with Gasteiger partial charge in [0.15, 0.2) is 0 Å². The molecule has 2 aromatic rings. The molecule has 3 heterocycles. The summed E-state index contributed by atoms with van der Waals surface area (Å²) in [4.78, 5) is 18.6. The number of aromatic nitrogens is 3. The number of hydrogen-bond acceptors (Lipinski definition) is 6. The van der Waals surface area contributed by atoms with E-state index in [2.05, 4.69) is 15.2 Å². The van der Waals surface area contributed by atoms with Crippen molar-refractivity contribution in [3.8, 4) is 11.6 Å². The van der Waals surface area contributed by atoms with E-state index in [0.717, 1.165) is 37.8 Å². The summed E-state index contributed by atoms with van der Waals surface area (Å²) >= 11 is 1.46. The fraction of sp³-hybridized carbons (Fsp3) is 0.667. The predicted octanol–water partition coefficient (Wildman–Crippen LogP) is 4.02. The lowest BCUT2D eigenvalue weighted by atomic mass is 9.80. The highest BCUT2D eigenvalue weighted by Crippen LogP contribution is 2.33. The second-order valence-corrected chi connectivity index (χ2v) is 7.98. The average Bonchev–Trinajstić information content (AvgIpc) is 3.34. The smallest absolute Gasteiger partial charge is 0.311 e. The maximum absolute atomic E-state index is 12.6. The van der Waals surface area contributed by atoms with Gasteiger partial charge in [-0.1, -0.05) is 32.1 Å². The SMILES string of the molecule is O=C(c1nnc(-c2cscn2)o1)N1CCC(CC2CCCCC2)CC1. The third kappa shape index (κ3) is 3.92. The molecule has 0 bridgehead atoms. The van der Waals surface area contributed by atoms with Crippen LogP contribution in [0, 0.1) is 11.8 Å². The molecule has 1 saturated heterocycles. The van der Waals surface area contributed by atoms with E-state index >= 15 is 0 Å². The first-order valence-electron chi connectivity index (χ1n) is 9.31. The molecule has 25 heavy (non-hydrogen) atoms. The van der Waals surface area contributed by atoms with Crippen molar-refractivity contribution < 1.29 is 9.21 Å². The fourth-order valence-corrected chi connectivity index (χ4v) is 4.66. The Kier molecular flexibility index (Phi) is 5.10. The molecule has 0 radical (unpaired) electrons. The predicted molar refractivity (Wildman–Crippen MR) is 95.2 cm³/mol. The summed E-state index contributed by atoms with van der Waals surface area (Å²) in [6, 6.07) is 0. The molecule has 0 spiro atoms. The molecule has 134 valence electrons. The van der Waals surface area contributed by atoms with E-state index in [-0.39, 0.29) is 11.8 Å². The van der Waals surface area contributed by atoms with Gasteiger partial charge in [-0.3, -0.25) is 4.79 Å². The van der Waals surface area contributed by atoms with Crippen LogP contribution in [0.1, 0.15) is 62.1 Å². The van der Waals surface area contributed by atoms with Crippen molar-refractivity contribution in [2.45, 2.75) is 51.4 Å². The Morgan fingerprint density at radius 1 is 1.12 bits per heavy atom. The summed E-state index contributed by atoms with van der Waals surface area (Å²) < 4.78 is 5.52. The quantitative estimate of drug-likeness (QED) is 0.823. The minimum Gasteiger partial charge on any atom is -0.411 e. The normalized spacial score (nSPS) is 20.1. The van der Waals surface area contributed by atoms with E-state index < -0.39 is 0 Å². The lowest BCUT2D eigenvalue weighted by molar-refractivity contribution is 0.0635. The minimum absolute atomic E-state index is 0.0775. The Morgan fingerprint density at radius 3 is 2.60 bits per heavy atom. The van der Waals surface area contributed by atoms with Crippen LogP contribution in [0.3, 0.4) is 0 Å². The Hall–Kier alpha value is -1.76. The first kappa shape index (κ1) is 16.7. The van der Waals surface area contributed by atoms with E-state index in [1.807, 2.05) is 10.3 Å². The standard InChI is InChI=1S/C18H24N4O2S/c23-18(17-21-20-16(24-17)15-11-25-12-19-15)22-8-6-14(7-9-22)10-13-4-2-1-3-5-13/h11-14H,1-10H2. The van der Waals surface area contributed by atoms with E-state index in [1.54, 1.807) is 5.51 Å². The maximum Gasteiger partial charge on any atom is 0.311 e. The number of carbonyl (C=O) groups is 1. The van der Waals surface area contributed by atoms with Gasteiger partial charge in [0.1, 0.15) is 5.69 Å². The van der Waals surface area contributed by atoms with Crippen LogP contribution in [0.15, 0.2) is 15.3 Å². The molecule has 2 aromatic heterocycles. The zero-order valence-corrected chi connectivity index (χ0v) is 15.2. The summed E-state index contributed by atoms with van der Waals surface area (Å²) in [6.45, 7) is 1.59. The second kappa shape index (κ2) is 7.64. The van der Waals surface area contributed by atoms with Crippen molar-refractivity contribution in [2.75, 3.05) is 13.1 Å². The molecule has 4 rings (SSSR count). The molecule has 0 N–H and O–H groups in total. The first-order valence-corrected chi connectivity index (χ1v) is 10.2. The van der Waals surface area contributed by atoms with Gasteiger partial charge < -0.3 is 9.32 Å². The van der Waals surface area contributed by atoms with Crippen LogP contribution in [0.25, 0.3) is 11.6 Å². The first-order chi connectivity index (χ1) is 12.3.